The highest BCUT2D eigenvalue weighted by molar-refractivity contribution is 6.34. The Morgan fingerprint density at radius 3 is 2.05 bits per heavy atom. The molecule has 1 saturated carbocycles. The highest BCUT2D eigenvalue weighted by atomic mass is 35.5. The van der Waals surface area contributed by atoms with Gasteiger partial charge in [-0.05, 0) is 36.6 Å². The SMILES string of the molecule is N#CC1(C(O)c2cc(Cl)cc(Cl)c2)CCCCCC1. The van der Waals surface area contributed by atoms with E-state index in [-0.39, 0.29) is 0 Å². The van der Waals surface area contributed by atoms with Crippen molar-refractivity contribution >= 4 is 23.2 Å². The minimum atomic E-state index is -0.827. The van der Waals surface area contributed by atoms with E-state index in [2.05, 4.69) is 6.07 Å². The van der Waals surface area contributed by atoms with Crippen LogP contribution in [0.25, 0.3) is 0 Å². The maximum Gasteiger partial charge on any atom is 0.0977 e. The predicted octanol–water partition coefficient (Wildman–Crippen LogP) is 4.89. The molecule has 1 unspecified atom stereocenters. The van der Waals surface area contributed by atoms with Crippen LogP contribution in [0.5, 0.6) is 0 Å². The van der Waals surface area contributed by atoms with Gasteiger partial charge in [0.05, 0.1) is 17.6 Å². The van der Waals surface area contributed by atoms with Crippen molar-refractivity contribution in [2.75, 3.05) is 0 Å². The molecule has 1 aliphatic carbocycles. The molecular weight excluding hydrogens is 281 g/mol. The van der Waals surface area contributed by atoms with E-state index in [1.54, 1.807) is 18.2 Å². The summed E-state index contributed by atoms with van der Waals surface area (Å²) < 4.78 is 0. The number of nitrogens with zero attached hydrogens (tertiary/aromatic N) is 1. The van der Waals surface area contributed by atoms with Gasteiger partial charge in [0.1, 0.15) is 0 Å². The van der Waals surface area contributed by atoms with Crippen molar-refractivity contribution < 1.29 is 5.11 Å². The van der Waals surface area contributed by atoms with Gasteiger partial charge in [-0.25, -0.2) is 0 Å². The normalized spacial score (nSPS) is 20.3. The molecule has 0 radical (unpaired) electrons. The fraction of sp³-hybridized carbons (Fsp3) is 0.533. The maximum atomic E-state index is 10.6. The van der Waals surface area contributed by atoms with E-state index < -0.39 is 11.5 Å². The molecule has 4 heteroatoms. The van der Waals surface area contributed by atoms with E-state index in [1.807, 2.05) is 0 Å². The largest absolute Gasteiger partial charge is 0.387 e. The third-order valence-corrected chi connectivity index (χ3v) is 4.38. The number of rotatable bonds is 2. The number of aliphatic hydroxyl groups excluding tert-OH is 1. The van der Waals surface area contributed by atoms with Crippen molar-refractivity contribution in [2.45, 2.75) is 44.6 Å². The van der Waals surface area contributed by atoms with E-state index in [4.69, 9.17) is 23.2 Å². The third kappa shape index (κ3) is 3.23. The molecule has 0 spiro atoms. The van der Waals surface area contributed by atoms with Gasteiger partial charge in [0.25, 0.3) is 0 Å². The summed E-state index contributed by atoms with van der Waals surface area (Å²) in [6.45, 7) is 0. The second-order valence-corrected chi connectivity index (χ2v) is 6.16. The van der Waals surface area contributed by atoms with Crippen LogP contribution in [-0.2, 0) is 0 Å². The number of hydrogen-bond acceptors (Lipinski definition) is 2. The predicted molar refractivity (Wildman–Crippen MR) is 77.2 cm³/mol. The molecule has 0 heterocycles. The summed E-state index contributed by atoms with van der Waals surface area (Å²) in [5.74, 6) is 0. The molecule has 1 aliphatic rings. The lowest BCUT2D eigenvalue weighted by atomic mass is 9.74. The topological polar surface area (TPSA) is 44.0 Å². The number of benzene rings is 1. The summed E-state index contributed by atoms with van der Waals surface area (Å²) >= 11 is 12.0. The third-order valence-electron chi connectivity index (χ3n) is 3.94. The molecule has 1 aromatic rings. The van der Waals surface area contributed by atoms with Gasteiger partial charge >= 0.3 is 0 Å². The first kappa shape index (κ1) is 14.7. The molecule has 0 aliphatic heterocycles. The quantitative estimate of drug-likeness (QED) is 0.790. The summed E-state index contributed by atoms with van der Waals surface area (Å²) in [5, 5.41) is 21.2. The smallest absolute Gasteiger partial charge is 0.0977 e. The van der Waals surface area contributed by atoms with Crippen molar-refractivity contribution in [1.82, 2.24) is 0 Å². The zero-order valence-corrected chi connectivity index (χ0v) is 12.2. The van der Waals surface area contributed by atoms with E-state index in [0.717, 1.165) is 38.5 Å². The Labute approximate surface area is 124 Å². The van der Waals surface area contributed by atoms with Crippen LogP contribution in [0.2, 0.25) is 10.0 Å². The summed E-state index contributed by atoms with van der Waals surface area (Å²) in [7, 11) is 0. The first-order valence-electron chi connectivity index (χ1n) is 6.63. The van der Waals surface area contributed by atoms with Gasteiger partial charge in [-0.1, -0.05) is 48.9 Å². The lowest BCUT2D eigenvalue weighted by Gasteiger charge is -2.31. The average Bonchev–Trinajstić information content (AvgIpc) is 2.63. The van der Waals surface area contributed by atoms with Gasteiger partial charge < -0.3 is 5.11 Å². The van der Waals surface area contributed by atoms with Crippen LogP contribution < -0.4 is 0 Å². The lowest BCUT2D eigenvalue weighted by molar-refractivity contribution is 0.0516. The van der Waals surface area contributed by atoms with E-state index in [0.29, 0.717) is 15.6 Å². The first-order valence-corrected chi connectivity index (χ1v) is 7.38. The summed E-state index contributed by atoms with van der Waals surface area (Å²) in [4.78, 5) is 0. The molecule has 102 valence electrons. The zero-order chi connectivity index (χ0) is 13.9. The monoisotopic (exact) mass is 297 g/mol. The molecule has 0 bridgehead atoms. The Morgan fingerprint density at radius 1 is 1.05 bits per heavy atom. The molecule has 1 atom stereocenters. The van der Waals surface area contributed by atoms with Gasteiger partial charge in [-0.3, -0.25) is 0 Å². The van der Waals surface area contributed by atoms with Crippen LogP contribution in [0.15, 0.2) is 18.2 Å². The van der Waals surface area contributed by atoms with Gasteiger partial charge in [0.2, 0.25) is 0 Å². The lowest BCUT2D eigenvalue weighted by Crippen LogP contribution is -2.27. The Bertz CT molecular complexity index is 467. The number of nitriles is 1. The molecule has 1 aromatic carbocycles. The number of aliphatic hydroxyl groups is 1. The van der Waals surface area contributed by atoms with Crippen LogP contribution in [0, 0.1) is 16.7 Å². The molecule has 0 aromatic heterocycles. The fourth-order valence-corrected chi connectivity index (χ4v) is 3.40. The minimum absolute atomic E-state index is 0.489. The number of hydrogen-bond donors (Lipinski definition) is 1. The van der Waals surface area contributed by atoms with Gasteiger partial charge in [0, 0.05) is 10.0 Å². The van der Waals surface area contributed by atoms with E-state index in [9.17, 15) is 10.4 Å². The van der Waals surface area contributed by atoms with Crippen molar-refractivity contribution in [2.24, 2.45) is 5.41 Å². The second kappa shape index (κ2) is 6.13. The minimum Gasteiger partial charge on any atom is -0.387 e. The maximum absolute atomic E-state index is 10.6. The molecule has 1 N–H and O–H groups in total. The van der Waals surface area contributed by atoms with Crippen molar-refractivity contribution in [3.8, 4) is 6.07 Å². The van der Waals surface area contributed by atoms with Crippen molar-refractivity contribution in [1.29, 1.82) is 5.26 Å². The molecule has 19 heavy (non-hydrogen) atoms. The Morgan fingerprint density at radius 2 is 1.58 bits per heavy atom. The average molecular weight is 298 g/mol. The van der Waals surface area contributed by atoms with Crippen LogP contribution in [0.4, 0.5) is 0 Å². The van der Waals surface area contributed by atoms with Crippen molar-refractivity contribution in [3.63, 3.8) is 0 Å². The van der Waals surface area contributed by atoms with Crippen LogP contribution in [0.3, 0.4) is 0 Å². The molecular formula is C15H17Cl2NO. The molecule has 1 fully saturated rings. The van der Waals surface area contributed by atoms with E-state index in [1.165, 1.54) is 0 Å². The highest BCUT2D eigenvalue weighted by Gasteiger charge is 2.39. The Balaban J connectivity index is 2.34. The zero-order valence-electron chi connectivity index (χ0n) is 10.7. The molecule has 0 amide bonds. The van der Waals surface area contributed by atoms with Gasteiger partial charge in [-0.15, -0.1) is 0 Å². The first-order chi connectivity index (χ1) is 9.07. The summed E-state index contributed by atoms with van der Waals surface area (Å²) in [6, 6.07) is 7.38. The van der Waals surface area contributed by atoms with Crippen molar-refractivity contribution in [3.05, 3.63) is 33.8 Å². The molecule has 2 nitrogen and oxygen atoms in total. The standard InChI is InChI=1S/C15H17Cl2NO/c16-12-7-11(8-13(17)9-12)14(19)15(10-18)5-3-1-2-4-6-15/h7-9,14,19H,1-6H2. The fourth-order valence-electron chi connectivity index (χ4n) is 2.86. The molecule has 0 saturated heterocycles. The van der Waals surface area contributed by atoms with Gasteiger partial charge in [-0.2, -0.15) is 5.26 Å². The van der Waals surface area contributed by atoms with Crippen LogP contribution >= 0.6 is 23.2 Å². The summed E-state index contributed by atoms with van der Waals surface area (Å²) in [5.41, 5.74) is -0.0641. The van der Waals surface area contributed by atoms with Crippen LogP contribution in [0.1, 0.15) is 50.2 Å². The second-order valence-electron chi connectivity index (χ2n) is 5.29. The summed E-state index contributed by atoms with van der Waals surface area (Å²) in [6.07, 6.45) is 4.87. The molecule has 2 rings (SSSR count). The van der Waals surface area contributed by atoms with Crippen LogP contribution in [-0.4, -0.2) is 5.11 Å². The van der Waals surface area contributed by atoms with E-state index >= 15 is 0 Å². The Hall–Kier alpha value is -0.750. The number of halogens is 2. The highest BCUT2D eigenvalue weighted by Crippen LogP contribution is 2.45. The van der Waals surface area contributed by atoms with Gasteiger partial charge in [0.15, 0.2) is 0 Å². The Kier molecular flexibility index (Phi) is 4.73.